The first-order chi connectivity index (χ1) is 13.9. The molecule has 0 fully saturated rings. The molecule has 2 heterocycles. The number of nitriles is 1. The second-order valence-corrected chi connectivity index (χ2v) is 7.38. The summed E-state index contributed by atoms with van der Waals surface area (Å²) in [5.74, 6) is -1.39. The van der Waals surface area contributed by atoms with Gasteiger partial charge in [0.25, 0.3) is 0 Å². The van der Waals surface area contributed by atoms with Crippen molar-refractivity contribution in [2.75, 3.05) is 0 Å². The van der Waals surface area contributed by atoms with E-state index in [2.05, 4.69) is 9.97 Å². The zero-order valence-corrected chi connectivity index (χ0v) is 16.2. The molecule has 0 atom stereocenters. The number of aliphatic carboxylic acids is 1. The van der Waals surface area contributed by atoms with E-state index >= 15 is 0 Å². The summed E-state index contributed by atoms with van der Waals surface area (Å²) in [5.41, 5.74) is -3.07. The van der Waals surface area contributed by atoms with Crippen LogP contribution in [-0.2, 0) is 16.4 Å². The Hall–Kier alpha value is -3.67. The molecule has 0 saturated carbocycles. The number of carboxylic acids is 1. The van der Waals surface area contributed by atoms with Gasteiger partial charge in [0.2, 0.25) is 0 Å². The molecule has 1 aromatic carbocycles. The van der Waals surface area contributed by atoms with Crippen molar-refractivity contribution >= 4 is 16.9 Å². The number of H-pyrrole nitrogens is 1. The van der Waals surface area contributed by atoms with E-state index in [0.29, 0.717) is 5.56 Å². The molecule has 2 aromatic heterocycles. The number of aromatic nitrogens is 2. The number of carbonyl (C=O) groups is 1. The summed E-state index contributed by atoms with van der Waals surface area (Å²) in [6, 6.07) is 6.39. The molecule has 0 aliphatic carbocycles. The third-order valence-corrected chi connectivity index (χ3v) is 5.02. The van der Waals surface area contributed by atoms with Crippen LogP contribution < -0.4 is 5.43 Å². The van der Waals surface area contributed by atoms with E-state index in [0.717, 1.165) is 12.1 Å². The highest BCUT2D eigenvalue weighted by atomic mass is 19.4. The van der Waals surface area contributed by atoms with Crippen molar-refractivity contribution in [1.29, 1.82) is 5.26 Å². The van der Waals surface area contributed by atoms with E-state index in [1.165, 1.54) is 39.1 Å². The van der Waals surface area contributed by atoms with Gasteiger partial charge >= 0.3 is 12.1 Å². The molecule has 30 heavy (non-hydrogen) atoms. The smallest absolute Gasteiger partial charge is 0.416 e. The number of nitrogens with zero attached hydrogens (tertiary/aromatic N) is 2. The minimum absolute atomic E-state index is 0.0427. The molecule has 0 aliphatic heterocycles. The summed E-state index contributed by atoms with van der Waals surface area (Å²) in [6.07, 6.45) is -3.49. The minimum Gasteiger partial charge on any atom is -0.481 e. The lowest BCUT2D eigenvalue weighted by molar-refractivity contribution is -0.144. The highest BCUT2D eigenvalue weighted by Gasteiger charge is 2.41. The first kappa shape index (κ1) is 21.0. The van der Waals surface area contributed by atoms with Crippen LogP contribution in [0.15, 0.2) is 35.3 Å². The maximum Gasteiger partial charge on any atom is 0.416 e. The predicted molar refractivity (Wildman–Crippen MR) is 103 cm³/mol. The Morgan fingerprint density at radius 3 is 2.43 bits per heavy atom. The van der Waals surface area contributed by atoms with Crippen LogP contribution in [0.25, 0.3) is 22.2 Å². The van der Waals surface area contributed by atoms with Gasteiger partial charge in [-0.05, 0) is 44.0 Å². The Kier molecular flexibility index (Phi) is 4.90. The van der Waals surface area contributed by atoms with Crippen LogP contribution in [-0.4, -0.2) is 21.0 Å². The quantitative estimate of drug-likeness (QED) is 0.668. The van der Waals surface area contributed by atoms with Gasteiger partial charge in [0, 0.05) is 23.5 Å². The average Bonchev–Trinajstić information content (AvgIpc) is 2.65. The monoisotopic (exact) mass is 415 g/mol. The van der Waals surface area contributed by atoms with Gasteiger partial charge in [0.1, 0.15) is 6.07 Å². The van der Waals surface area contributed by atoms with Crippen LogP contribution in [0.3, 0.4) is 0 Å². The number of carboxylic acid groups (broad SMARTS) is 1. The van der Waals surface area contributed by atoms with Crippen LogP contribution in [0, 0.1) is 18.3 Å². The summed E-state index contributed by atoms with van der Waals surface area (Å²) in [4.78, 5) is 30.8. The van der Waals surface area contributed by atoms with E-state index < -0.39 is 28.6 Å². The summed E-state index contributed by atoms with van der Waals surface area (Å²) in [5, 5.41) is 18.6. The second-order valence-electron chi connectivity index (χ2n) is 7.38. The first-order valence-corrected chi connectivity index (χ1v) is 8.76. The molecular formula is C21H16F3N3O3. The molecule has 6 nitrogen and oxygen atoms in total. The SMILES string of the molecule is Cc1cc(C(C)(C)C(=O)O)c(C(F)(F)F)cc1-c1cc(=O)c2c(C#N)nccc2[nH]1. The third kappa shape index (κ3) is 3.41. The zero-order chi connectivity index (χ0) is 22.4. The minimum atomic E-state index is -4.81. The molecule has 3 rings (SSSR count). The number of nitrogens with one attached hydrogen (secondary N) is 1. The molecule has 0 unspecified atom stereocenters. The van der Waals surface area contributed by atoms with E-state index in [4.69, 9.17) is 5.26 Å². The lowest BCUT2D eigenvalue weighted by Crippen LogP contribution is -2.31. The summed E-state index contributed by atoms with van der Waals surface area (Å²) >= 11 is 0. The number of benzene rings is 1. The van der Waals surface area contributed by atoms with Crippen LogP contribution in [0.5, 0.6) is 0 Å². The number of alkyl halides is 3. The lowest BCUT2D eigenvalue weighted by atomic mass is 9.79. The van der Waals surface area contributed by atoms with Gasteiger partial charge in [0.05, 0.1) is 21.9 Å². The number of aromatic amines is 1. The molecular weight excluding hydrogens is 399 g/mol. The molecule has 3 aromatic rings. The summed E-state index contributed by atoms with van der Waals surface area (Å²) in [6.45, 7) is 3.94. The summed E-state index contributed by atoms with van der Waals surface area (Å²) < 4.78 is 41.4. The predicted octanol–water partition coefficient (Wildman–Crippen LogP) is 4.15. The van der Waals surface area contributed by atoms with E-state index in [1.54, 1.807) is 0 Å². The van der Waals surface area contributed by atoms with Gasteiger partial charge in [-0.2, -0.15) is 18.4 Å². The Morgan fingerprint density at radius 1 is 1.20 bits per heavy atom. The Morgan fingerprint density at radius 2 is 1.87 bits per heavy atom. The number of pyridine rings is 2. The molecule has 0 radical (unpaired) electrons. The Labute approximate surface area is 168 Å². The fourth-order valence-electron chi connectivity index (χ4n) is 3.29. The van der Waals surface area contributed by atoms with Crippen LogP contribution in [0.1, 0.15) is 36.2 Å². The molecule has 0 saturated heterocycles. The molecule has 9 heteroatoms. The second kappa shape index (κ2) is 6.99. The average molecular weight is 415 g/mol. The maximum absolute atomic E-state index is 13.8. The van der Waals surface area contributed by atoms with Gasteiger partial charge < -0.3 is 10.1 Å². The van der Waals surface area contributed by atoms with Gasteiger partial charge in [-0.25, -0.2) is 4.98 Å². The number of halogens is 3. The lowest BCUT2D eigenvalue weighted by Gasteiger charge is -2.26. The number of hydrogen-bond donors (Lipinski definition) is 2. The number of rotatable bonds is 3. The molecule has 0 bridgehead atoms. The fourth-order valence-corrected chi connectivity index (χ4v) is 3.29. The molecule has 154 valence electrons. The zero-order valence-electron chi connectivity index (χ0n) is 16.2. The normalized spacial score (nSPS) is 12.0. The highest BCUT2D eigenvalue weighted by Crippen LogP contribution is 2.41. The van der Waals surface area contributed by atoms with Gasteiger partial charge in [-0.15, -0.1) is 0 Å². The van der Waals surface area contributed by atoms with Gasteiger partial charge in [0.15, 0.2) is 11.1 Å². The molecule has 0 amide bonds. The number of aryl methyl sites for hydroxylation is 1. The van der Waals surface area contributed by atoms with E-state index in [1.807, 2.05) is 6.07 Å². The van der Waals surface area contributed by atoms with Crippen LogP contribution in [0.2, 0.25) is 0 Å². The van der Waals surface area contributed by atoms with Gasteiger partial charge in [-0.3, -0.25) is 9.59 Å². The molecule has 0 spiro atoms. The third-order valence-electron chi connectivity index (χ3n) is 5.02. The maximum atomic E-state index is 13.8. The van der Waals surface area contributed by atoms with Crippen molar-refractivity contribution in [3.05, 3.63) is 63.1 Å². The number of fused-ring (bicyclic) bond motifs is 1. The van der Waals surface area contributed by atoms with Crippen molar-refractivity contribution < 1.29 is 23.1 Å². The standard InChI is InChI=1S/C21H16F3N3O3/c1-10-6-12(20(2,3)19(29)30)13(21(22,23)24)7-11(10)15-8-17(28)18-14(27-15)4-5-26-16(18)9-25/h4-8H,1-3H3,(H,27,28)(H,29,30). The topological polar surface area (TPSA) is 107 Å². The van der Waals surface area contributed by atoms with Crippen molar-refractivity contribution in [2.45, 2.75) is 32.4 Å². The molecule has 2 N–H and O–H groups in total. The fraction of sp³-hybridized carbons (Fsp3) is 0.238. The van der Waals surface area contributed by atoms with Crippen LogP contribution in [0.4, 0.5) is 13.2 Å². The largest absolute Gasteiger partial charge is 0.481 e. The van der Waals surface area contributed by atoms with Crippen molar-refractivity contribution in [2.24, 2.45) is 0 Å². The van der Waals surface area contributed by atoms with E-state index in [-0.39, 0.29) is 33.4 Å². The molecule has 0 aliphatic rings. The Bertz CT molecular complexity index is 1280. The first-order valence-electron chi connectivity index (χ1n) is 8.76. The Balaban J connectivity index is 2.35. The van der Waals surface area contributed by atoms with Crippen molar-refractivity contribution in [1.82, 2.24) is 9.97 Å². The summed E-state index contributed by atoms with van der Waals surface area (Å²) in [7, 11) is 0. The van der Waals surface area contributed by atoms with E-state index in [9.17, 15) is 27.9 Å². The van der Waals surface area contributed by atoms with Crippen LogP contribution >= 0.6 is 0 Å². The van der Waals surface area contributed by atoms with Crippen molar-refractivity contribution in [3.63, 3.8) is 0 Å². The van der Waals surface area contributed by atoms with Crippen molar-refractivity contribution in [3.8, 4) is 17.3 Å². The highest BCUT2D eigenvalue weighted by molar-refractivity contribution is 5.86. The van der Waals surface area contributed by atoms with Gasteiger partial charge in [-0.1, -0.05) is 6.07 Å². The number of hydrogen-bond acceptors (Lipinski definition) is 4.